The van der Waals surface area contributed by atoms with Crippen LogP contribution in [0.25, 0.3) is 0 Å². The number of carboxylic acids is 1. The third-order valence-electron chi connectivity index (χ3n) is 2.59. The van der Waals surface area contributed by atoms with E-state index in [0.29, 0.717) is 18.4 Å². The average Bonchev–Trinajstić information content (AvgIpc) is 2.05. The highest BCUT2D eigenvalue weighted by Gasteiger charge is 2.22. The molecule has 70 valence electrons. The summed E-state index contributed by atoms with van der Waals surface area (Å²) in [7, 11) is 1.72. The van der Waals surface area contributed by atoms with Gasteiger partial charge in [-0.2, -0.15) is 0 Å². The fraction of sp³-hybridized carbons (Fsp3) is 0.889. The fourth-order valence-electron chi connectivity index (χ4n) is 1.82. The van der Waals surface area contributed by atoms with E-state index in [4.69, 9.17) is 9.84 Å². The maximum atomic E-state index is 10.4. The van der Waals surface area contributed by atoms with Gasteiger partial charge in [0.2, 0.25) is 0 Å². The molecule has 0 bridgehead atoms. The third kappa shape index (κ3) is 2.81. The van der Waals surface area contributed by atoms with E-state index in [1.807, 2.05) is 0 Å². The van der Waals surface area contributed by atoms with Crippen LogP contribution in [0.3, 0.4) is 0 Å². The summed E-state index contributed by atoms with van der Waals surface area (Å²) in [6, 6.07) is 0. The van der Waals surface area contributed by atoms with Crippen LogP contribution in [0.1, 0.15) is 32.1 Å². The van der Waals surface area contributed by atoms with Gasteiger partial charge >= 0.3 is 5.97 Å². The molecule has 1 fully saturated rings. The normalized spacial score (nSPS) is 30.1. The molecule has 0 aromatic heterocycles. The maximum Gasteiger partial charge on any atom is 0.303 e. The van der Waals surface area contributed by atoms with Gasteiger partial charge in [-0.05, 0) is 31.6 Å². The van der Waals surface area contributed by atoms with Gasteiger partial charge in [0.25, 0.3) is 0 Å². The molecular formula is C9H16O3. The van der Waals surface area contributed by atoms with Crippen LogP contribution in [0.4, 0.5) is 0 Å². The Morgan fingerprint density at radius 1 is 1.42 bits per heavy atom. The van der Waals surface area contributed by atoms with Crippen LogP contribution in [0.5, 0.6) is 0 Å². The van der Waals surface area contributed by atoms with Crippen LogP contribution in [-0.4, -0.2) is 24.3 Å². The molecule has 0 amide bonds. The molecule has 3 heteroatoms. The molecule has 0 aromatic rings. The summed E-state index contributed by atoms with van der Waals surface area (Å²) < 4.78 is 5.20. The predicted molar refractivity (Wildman–Crippen MR) is 45.0 cm³/mol. The quantitative estimate of drug-likeness (QED) is 0.704. The van der Waals surface area contributed by atoms with E-state index in [1.165, 1.54) is 0 Å². The maximum absolute atomic E-state index is 10.4. The molecule has 1 aliphatic rings. The molecule has 0 heterocycles. The van der Waals surface area contributed by atoms with Crippen molar-refractivity contribution in [2.75, 3.05) is 7.11 Å². The molecule has 0 radical (unpaired) electrons. The van der Waals surface area contributed by atoms with E-state index in [0.717, 1.165) is 25.7 Å². The van der Waals surface area contributed by atoms with Crippen LogP contribution in [-0.2, 0) is 9.53 Å². The van der Waals surface area contributed by atoms with Crippen molar-refractivity contribution in [1.29, 1.82) is 0 Å². The predicted octanol–water partition coefficient (Wildman–Crippen LogP) is 1.67. The summed E-state index contributed by atoms with van der Waals surface area (Å²) in [5.74, 6) is -0.287. The number of ether oxygens (including phenoxy) is 1. The minimum absolute atomic E-state index is 0.330. The first-order valence-corrected chi connectivity index (χ1v) is 4.47. The van der Waals surface area contributed by atoms with E-state index >= 15 is 0 Å². The van der Waals surface area contributed by atoms with Gasteiger partial charge in [-0.3, -0.25) is 4.79 Å². The van der Waals surface area contributed by atoms with Crippen LogP contribution in [0.15, 0.2) is 0 Å². The summed E-state index contributed by atoms with van der Waals surface area (Å²) in [6.07, 6.45) is 4.75. The van der Waals surface area contributed by atoms with E-state index in [9.17, 15) is 4.79 Å². The van der Waals surface area contributed by atoms with Crippen molar-refractivity contribution in [3.8, 4) is 0 Å². The largest absolute Gasteiger partial charge is 0.481 e. The van der Waals surface area contributed by atoms with Crippen molar-refractivity contribution in [3.05, 3.63) is 0 Å². The monoisotopic (exact) mass is 172 g/mol. The van der Waals surface area contributed by atoms with E-state index in [-0.39, 0.29) is 0 Å². The number of aliphatic carboxylic acids is 1. The molecule has 0 saturated heterocycles. The highest BCUT2D eigenvalue weighted by atomic mass is 16.5. The summed E-state index contributed by atoms with van der Waals surface area (Å²) in [5.41, 5.74) is 0. The Morgan fingerprint density at radius 2 is 2.00 bits per heavy atom. The summed E-state index contributed by atoms with van der Waals surface area (Å²) in [6.45, 7) is 0. The van der Waals surface area contributed by atoms with Crippen LogP contribution in [0, 0.1) is 5.92 Å². The third-order valence-corrected chi connectivity index (χ3v) is 2.59. The van der Waals surface area contributed by atoms with Gasteiger partial charge in [-0.1, -0.05) is 0 Å². The van der Waals surface area contributed by atoms with Gasteiger partial charge < -0.3 is 9.84 Å². The molecular weight excluding hydrogens is 156 g/mol. The van der Waals surface area contributed by atoms with E-state index < -0.39 is 5.97 Å². The average molecular weight is 172 g/mol. The van der Waals surface area contributed by atoms with E-state index in [1.54, 1.807) is 7.11 Å². The standard InChI is InChI=1S/C9H16O3/c1-12-8-4-2-7(3-5-8)6-9(10)11/h7-8H,2-6H2,1H3,(H,10,11). The topological polar surface area (TPSA) is 46.5 Å². The van der Waals surface area contributed by atoms with Crippen molar-refractivity contribution in [3.63, 3.8) is 0 Å². The fourth-order valence-corrected chi connectivity index (χ4v) is 1.82. The molecule has 1 saturated carbocycles. The SMILES string of the molecule is COC1CCC(CC(=O)O)CC1. The molecule has 1 aliphatic carbocycles. The van der Waals surface area contributed by atoms with Crippen molar-refractivity contribution in [2.24, 2.45) is 5.92 Å². The number of carboxylic acid groups (broad SMARTS) is 1. The van der Waals surface area contributed by atoms with Gasteiger partial charge in [0.05, 0.1) is 6.10 Å². The molecule has 0 spiro atoms. The van der Waals surface area contributed by atoms with Gasteiger partial charge in [0, 0.05) is 13.5 Å². The lowest BCUT2D eigenvalue weighted by atomic mass is 9.85. The highest BCUT2D eigenvalue weighted by Crippen LogP contribution is 2.27. The Hall–Kier alpha value is -0.570. The van der Waals surface area contributed by atoms with Crippen molar-refractivity contribution in [1.82, 2.24) is 0 Å². The second kappa shape index (κ2) is 4.45. The van der Waals surface area contributed by atoms with Gasteiger partial charge in [-0.15, -0.1) is 0 Å². The zero-order valence-corrected chi connectivity index (χ0v) is 7.45. The molecule has 0 aromatic carbocycles. The van der Waals surface area contributed by atoms with Crippen LogP contribution < -0.4 is 0 Å². The lowest BCUT2D eigenvalue weighted by Gasteiger charge is -2.26. The first-order valence-electron chi connectivity index (χ1n) is 4.47. The molecule has 0 atom stereocenters. The number of carbonyl (C=O) groups is 1. The molecule has 0 aliphatic heterocycles. The zero-order chi connectivity index (χ0) is 8.97. The van der Waals surface area contributed by atoms with Crippen LogP contribution >= 0.6 is 0 Å². The minimum Gasteiger partial charge on any atom is -0.481 e. The Labute approximate surface area is 72.7 Å². The highest BCUT2D eigenvalue weighted by molar-refractivity contribution is 5.67. The lowest BCUT2D eigenvalue weighted by molar-refractivity contribution is -0.138. The summed E-state index contributed by atoms with van der Waals surface area (Å²) in [5, 5.41) is 8.56. The number of hydrogen-bond donors (Lipinski definition) is 1. The zero-order valence-electron chi connectivity index (χ0n) is 7.45. The number of hydrogen-bond acceptors (Lipinski definition) is 2. The summed E-state index contributed by atoms with van der Waals surface area (Å²) in [4.78, 5) is 10.4. The molecule has 12 heavy (non-hydrogen) atoms. The van der Waals surface area contributed by atoms with Gasteiger partial charge in [-0.25, -0.2) is 0 Å². The van der Waals surface area contributed by atoms with Gasteiger partial charge in [0.1, 0.15) is 0 Å². The van der Waals surface area contributed by atoms with Crippen LogP contribution in [0.2, 0.25) is 0 Å². The Bertz CT molecular complexity index is 148. The van der Waals surface area contributed by atoms with Crippen molar-refractivity contribution in [2.45, 2.75) is 38.2 Å². The first kappa shape index (κ1) is 9.52. The van der Waals surface area contributed by atoms with E-state index in [2.05, 4.69) is 0 Å². The molecule has 1 N–H and O–H groups in total. The number of rotatable bonds is 3. The number of methoxy groups -OCH3 is 1. The van der Waals surface area contributed by atoms with Gasteiger partial charge in [0.15, 0.2) is 0 Å². The second-order valence-electron chi connectivity index (χ2n) is 3.48. The minimum atomic E-state index is -0.670. The lowest BCUT2D eigenvalue weighted by Crippen LogP contribution is -2.21. The second-order valence-corrected chi connectivity index (χ2v) is 3.48. The Kier molecular flexibility index (Phi) is 3.53. The first-order chi connectivity index (χ1) is 5.72. The smallest absolute Gasteiger partial charge is 0.303 e. The van der Waals surface area contributed by atoms with Crippen molar-refractivity contribution >= 4 is 5.97 Å². The Balaban J connectivity index is 2.21. The molecule has 0 unspecified atom stereocenters. The Morgan fingerprint density at radius 3 is 2.42 bits per heavy atom. The molecule has 3 nitrogen and oxygen atoms in total. The molecule has 1 rings (SSSR count). The summed E-state index contributed by atoms with van der Waals surface area (Å²) >= 11 is 0. The van der Waals surface area contributed by atoms with Crippen molar-refractivity contribution < 1.29 is 14.6 Å².